The Labute approximate surface area is 116 Å². The van der Waals surface area contributed by atoms with E-state index in [1.54, 1.807) is 18.2 Å². The number of imide groups is 1. The monoisotopic (exact) mass is 275 g/mol. The molecular weight excluding hydrogens is 258 g/mol. The summed E-state index contributed by atoms with van der Waals surface area (Å²) in [5, 5.41) is 2.72. The van der Waals surface area contributed by atoms with Crippen LogP contribution < -0.4 is 11.1 Å². The van der Waals surface area contributed by atoms with Gasteiger partial charge in [0.2, 0.25) is 5.91 Å². The molecule has 1 aromatic rings. The molecule has 0 aromatic heterocycles. The fourth-order valence-corrected chi connectivity index (χ4v) is 2.17. The third-order valence-electron chi connectivity index (χ3n) is 3.04. The summed E-state index contributed by atoms with van der Waals surface area (Å²) < 4.78 is 0. The zero-order chi connectivity index (χ0) is 14.9. The van der Waals surface area contributed by atoms with E-state index in [1.165, 1.54) is 0 Å². The third kappa shape index (κ3) is 2.49. The van der Waals surface area contributed by atoms with Gasteiger partial charge in [0.1, 0.15) is 0 Å². The van der Waals surface area contributed by atoms with Crippen molar-refractivity contribution in [2.24, 2.45) is 0 Å². The number of anilines is 1. The van der Waals surface area contributed by atoms with Gasteiger partial charge in [0.15, 0.2) is 0 Å². The Morgan fingerprint density at radius 2 is 2.00 bits per heavy atom. The van der Waals surface area contributed by atoms with Gasteiger partial charge in [0, 0.05) is 24.7 Å². The number of nitrogens with zero attached hydrogens (tertiary/aromatic N) is 1. The molecule has 1 aromatic carbocycles. The lowest BCUT2D eigenvalue weighted by Gasteiger charge is -2.14. The summed E-state index contributed by atoms with van der Waals surface area (Å²) in [7, 11) is 0. The molecule has 2 rings (SSSR count). The van der Waals surface area contributed by atoms with E-state index >= 15 is 0 Å². The Balaban J connectivity index is 2.10. The Kier molecular flexibility index (Phi) is 3.74. The Morgan fingerprint density at radius 1 is 1.30 bits per heavy atom. The number of nitrogen functional groups attached to an aromatic ring is 1. The second-order valence-electron chi connectivity index (χ2n) is 5.00. The first kappa shape index (κ1) is 14.0. The maximum atomic E-state index is 12.2. The second-order valence-corrected chi connectivity index (χ2v) is 5.00. The van der Waals surface area contributed by atoms with Crippen LogP contribution in [0.15, 0.2) is 18.2 Å². The molecule has 0 saturated heterocycles. The summed E-state index contributed by atoms with van der Waals surface area (Å²) in [6.07, 6.45) is 0.0869. The maximum Gasteiger partial charge on any atom is 0.263 e. The smallest absolute Gasteiger partial charge is 0.263 e. The summed E-state index contributed by atoms with van der Waals surface area (Å²) in [5.74, 6) is -1.01. The van der Waals surface area contributed by atoms with Gasteiger partial charge in [-0.05, 0) is 26.0 Å². The van der Waals surface area contributed by atoms with Crippen molar-refractivity contribution in [3.8, 4) is 0 Å². The minimum absolute atomic E-state index is 0.0281. The van der Waals surface area contributed by atoms with Gasteiger partial charge in [0.25, 0.3) is 11.8 Å². The van der Waals surface area contributed by atoms with Crippen LogP contribution in [-0.2, 0) is 4.79 Å². The fraction of sp³-hybridized carbons (Fsp3) is 0.357. The first-order chi connectivity index (χ1) is 9.41. The molecule has 1 aliphatic rings. The summed E-state index contributed by atoms with van der Waals surface area (Å²) >= 11 is 0. The van der Waals surface area contributed by atoms with E-state index in [0.717, 1.165) is 4.90 Å². The molecule has 3 amide bonds. The highest BCUT2D eigenvalue weighted by atomic mass is 16.2. The summed E-state index contributed by atoms with van der Waals surface area (Å²) in [6, 6.07) is 4.81. The molecule has 0 spiro atoms. The summed E-state index contributed by atoms with van der Waals surface area (Å²) in [5.41, 5.74) is 6.56. The van der Waals surface area contributed by atoms with Crippen LogP contribution in [-0.4, -0.2) is 35.2 Å². The highest BCUT2D eigenvalue weighted by molar-refractivity contribution is 6.23. The molecule has 1 aliphatic heterocycles. The normalized spacial score (nSPS) is 13.8. The lowest BCUT2D eigenvalue weighted by Crippen LogP contribution is -2.36. The van der Waals surface area contributed by atoms with Crippen LogP contribution in [0.5, 0.6) is 0 Å². The average molecular weight is 275 g/mol. The number of hydrogen-bond donors (Lipinski definition) is 2. The van der Waals surface area contributed by atoms with Crippen LogP contribution in [0.3, 0.4) is 0 Å². The van der Waals surface area contributed by atoms with Crippen LogP contribution >= 0.6 is 0 Å². The molecule has 0 aliphatic carbocycles. The number of fused-ring (bicyclic) bond motifs is 1. The Morgan fingerprint density at radius 3 is 2.60 bits per heavy atom. The van der Waals surface area contributed by atoms with Crippen LogP contribution in [0.4, 0.5) is 5.69 Å². The largest absolute Gasteiger partial charge is 0.398 e. The quantitative estimate of drug-likeness (QED) is 0.627. The molecule has 0 atom stereocenters. The van der Waals surface area contributed by atoms with Crippen LogP contribution in [0.2, 0.25) is 0 Å². The maximum absolute atomic E-state index is 12.2. The zero-order valence-corrected chi connectivity index (χ0v) is 11.5. The van der Waals surface area contributed by atoms with E-state index in [4.69, 9.17) is 5.73 Å². The van der Waals surface area contributed by atoms with Crippen LogP contribution in [0, 0.1) is 0 Å². The SMILES string of the molecule is CC(C)NC(=O)CCN1C(=O)c2cccc(N)c2C1=O. The highest BCUT2D eigenvalue weighted by Crippen LogP contribution is 2.27. The van der Waals surface area contributed by atoms with Crippen LogP contribution in [0.1, 0.15) is 41.0 Å². The van der Waals surface area contributed by atoms with Crippen molar-refractivity contribution in [1.82, 2.24) is 10.2 Å². The minimum Gasteiger partial charge on any atom is -0.398 e. The van der Waals surface area contributed by atoms with E-state index in [9.17, 15) is 14.4 Å². The Bertz CT molecular complexity index is 581. The molecular formula is C14H17N3O3. The summed E-state index contributed by atoms with van der Waals surface area (Å²) in [6.45, 7) is 3.76. The number of carbonyl (C=O) groups excluding carboxylic acids is 3. The topological polar surface area (TPSA) is 92.5 Å². The molecule has 106 valence electrons. The standard InChI is InChI=1S/C14H17N3O3/c1-8(2)16-11(18)6-7-17-13(19)9-4-3-5-10(15)12(9)14(17)20/h3-5,8H,6-7,15H2,1-2H3,(H,16,18). The number of carbonyl (C=O) groups is 3. The van der Waals surface area contributed by atoms with Gasteiger partial charge >= 0.3 is 0 Å². The van der Waals surface area contributed by atoms with E-state index in [2.05, 4.69) is 5.32 Å². The zero-order valence-electron chi connectivity index (χ0n) is 11.5. The van der Waals surface area contributed by atoms with Crippen molar-refractivity contribution in [1.29, 1.82) is 0 Å². The molecule has 0 radical (unpaired) electrons. The van der Waals surface area contributed by atoms with Gasteiger partial charge in [-0.1, -0.05) is 6.07 Å². The molecule has 0 fully saturated rings. The van der Waals surface area contributed by atoms with Crippen molar-refractivity contribution in [2.75, 3.05) is 12.3 Å². The van der Waals surface area contributed by atoms with E-state index in [0.29, 0.717) is 5.56 Å². The molecule has 6 heteroatoms. The lowest BCUT2D eigenvalue weighted by molar-refractivity contribution is -0.121. The van der Waals surface area contributed by atoms with Gasteiger partial charge in [-0.3, -0.25) is 19.3 Å². The molecule has 3 N–H and O–H groups in total. The van der Waals surface area contributed by atoms with E-state index < -0.39 is 11.8 Å². The van der Waals surface area contributed by atoms with Gasteiger partial charge < -0.3 is 11.1 Å². The van der Waals surface area contributed by atoms with Crippen LogP contribution in [0.25, 0.3) is 0 Å². The van der Waals surface area contributed by atoms with Gasteiger partial charge in [-0.15, -0.1) is 0 Å². The minimum atomic E-state index is -0.430. The van der Waals surface area contributed by atoms with E-state index in [-0.39, 0.29) is 36.2 Å². The molecule has 6 nitrogen and oxygen atoms in total. The number of benzene rings is 1. The number of nitrogens with two attached hydrogens (primary N) is 1. The highest BCUT2D eigenvalue weighted by Gasteiger charge is 2.36. The van der Waals surface area contributed by atoms with Gasteiger partial charge in [0.05, 0.1) is 11.1 Å². The van der Waals surface area contributed by atoms with Gasteiger partial charge in [-0.2, -0.15) is 0 Å². The molecule has 20 heavy (non-hydrogen) atoms. The number of nitrogens with one attached hydrogen (secondary N) is 1. The van der Waals surface area contributed by atoms with Crippen molar-refractivity contribution in [2.45, 2.75) is 26.3 Å². The Hall–Kier alpha value is -2.37. The van der Waals surface area contributed by atoms with Crippen molar-refractivity contribution >= 4 is 23.4 Å². The molecule has 0 unspecified atom stereocenters. The van der Waals surface area contributed by atoms with E-state index in [1.807, 2.05) is 13.8 Å². The average Bonchev–Trinajstić information content (AvgIpc) is 2.60. The second kappa shape index (κ2) is 5.32. The first-order valence-electron chi connectivity index (χ1n) is 6.46. The van der Waals surface area contributed by atoms with Crippen molar-refractivity contribution in [3.05, 3.63) is 29.3 Å². The van der Waals surface area contributed by atoms with Crippen molar-refractivity contribution in [3.63, 3.8) is 0 Å². The molecule has 0 bridgehead atoms. The lowest BCUT2D eigenvalue weighted by atomic mass is 10.1. The molecule has 1 heterocycles. The number of hydrogen-bond acceptors (Lipinski definition) is 4. The third-order valence-corrected chi connectivity index (χ3v) is 3.04. The summed E-state index contributed by atoms with van der Waals surface area (Å²) in [4.78, 5) is 36.9. The first-order valence-corrected chi connectivity index (χ1v) is 6.46. The van der Waals surface area contributed by atoms with Gasteiger partial charge in [-0.25, -0.2) is 0 Å². The predicted molar refractivity (Wildman–Crippen MR) is 74.1 cm³/mol. The van der Waals surface area contributed by atoms with Crippen molar-refractivity contribution < 1.29 is 14.4 Å². The number of amides is 3. The predicted octanol–water partition coefficient (Wildman–Crippen LogP) is 0.779. The molecule has 0 saturated carbocycles. The number of rotatable bonds is 4. The fourth-order valence-electron chi connectivity index (χ4n) is 2.17.